The first kappa shape index (κ1) is 6.68. The van der Waals surface area contributed by atoms with Gasteiger partial charge in [0.25, 0.3) is 0 Å². The third-order valence-corrected chi connectivity index (χ3v) is 1.43. The summed E-state index contributed by atoms with van der Waals surface area (Å²) in [6.45, 7) is 0. The first-order chi connectivity index (χ1) is 4.20. The quantitative estimate of drug-likeness (QED) is 0.554. The average Bonchev–Trinajstić information content (AvgIpc) is 1.80. The fraction of sp³-hybridized carbons (Fsp3) is 0. The molecule has 0 aliphatic carbocycles. The lowest BCUT2D eigenvalue weighted by atomic mass is 10.3. The molecule has 3 heteroatoms. The van der Waals surface area contributed by atoms with Crippen LogP contribution in [0.15, 0.2) is 16.6 Å². The Hall–Kier alpha value is -0.440. The smallest absolute Gasteiger partial charge is 0.140 e. The Morgan fingerprint density at radius 2 is 2.11 bits per heavy atom. The minimum absolute atomic E-state index is 0.226. The highest BCUT2D eigenvalue weighted by Gasteiger charge is 1.98. The molecule has 0 amide bonds. The van der Waals surface area contributed by atoms with E-state index in [2.05, 4.69) is 22.0 Å². The molecule has 0 N–H and O–H groups in total. The second-order valence-corrected chi connectivity index (χ2v) is 2.33. The van der Waals surface area contributed by atoms with Gasteiger partial charge in [-0.05, 0) is 22.0 Å². The van der Waals surface area contributed by atoms with Gasteiger partial charge in [-0.15, -0.1) is 0 Å². The van der Waals surface area contributed by atoms with Gasteiger partial charge in [0.1, 0.15) is 11.6 Å². The highest BCUT2D eigenvalue weighted by Crippen LogP contribution is 2.14. The Morgan fingerprint density at radius 3 is 2.56 bits per heavy atom. The third-order valence-electron chi connectivity index (χ3n) is 0.818. The number of benzene rings is 1. The molecule has 0 nitrogen and oxygen atoms in total. The Balaban J connectivity index is 3.17. The predicted octanol–water partition coefficient (Wildman–Crippen LogP) is 2.53. The van der Waals surface area contributed by atoms with Gasteiger partial charge in [0, 0.05) is 12.1 Å². The van der Waals surface area contributed by atoms with Crippen LogP contribution in [0.2, 0.25) is 0 Å². The largest absolute Gasteiger partial charge is 0.206 e. The zero-order valence-corrected chi connectivity index (χ0v) is 5.87. The predicted molar refractivity (Wildman–Crippen MR) is 32.9 cm³/mol. The van der Waals surface area contributed by atoms with Crippen molar-refractivity contribution in [1.82, 2.24) is 0 Å². The van der Waals surface area contributed by atoms with Crippen LogP contribution in [0.5, 0.6) is 0 Å². The van der Waals surface area contributed by atoms with Crippen molar-refractivity contribution in [3.63, 3.8) is 0 Å². The number of rotatable bonds is 0. The van der Waals surface area contributed by atoms with E-state index in [1.54, 1.807) is 0 Å². The van der Waals surface area contributed by atoms with Crippen molar-refractivity contribution in [3.8, 4) is 0 Å². The standard InChI is InChI=1S/C6H2BrF2/c7-5-2-1-4(8)3-6(5)9/h2-3H. The van der Waals surface area contributed by atoms with Crippen LogP contribution in [-0.2, 0) is 0 Å². The molecule has 1 aromatic carbocycles. The summed E-state index contributed by atoms with van der Waals surface area (Å²) < 4.78 is 24.5. The van der Waals surface area contributed by atoms with E-state index in [4.69, 9.17) is 0 Å². The molecule has 0 aliphatic heterocycles. The molecule has 0 heterocycles. The van der Waals surface area contributed by atoms with Crippen LogP contribution in [0.4, 0.5) is 8.78 Å². The van der Waals surface area contributed by atoms with Gasteiger partial charge in [-0.3, -0.25) is 0 Å². The van der Waals surface area contributed by atoms with Crippen LogP contribution in [-0.4, -0.2) is 0 Å². The van der Waals surface area contributed by atoms with Crippen LogP contribution in [0.25, 0.3) is 0 Å². The van der Waals surface area contributed by atoms with Crippen LogP contribution in [0, 0.1) is 17.7 Å². The normalized spacial score (nSPS) is 9.67. The van der Waals surface area contributed by atoms with E-state index in [1.807, 2.05) is 0 Å². The third kappa shape index (κ3) is 1.48. The van der Waals surface area contributed by atoms with Crippen molar-refractivity contribution in [2.75, 3.05) is 0 Å². The minimum Gasteiger partial charge on any atom is -0.206 e. The second-order valence-electron chi connectivity index (χ2n) is 1.48. The number of halogens is 3. The minimum atomic E-state index is -0.685. The Kier molecular flexibility index (Phi) is 1.81. The maximum absolute atomic E-state index is 12.3. The van der Waals surface area contributed by atoms with Crippen molar-refractivity contribution >= 4 is 15.9 Å². The zero-order chi connectivity index (χ0) is 6.85. The van der Waals surface area contributed by atoms with Crippen LogP contribution in [0.3, 0.4) is 0 Å². The summed E-state index contributed by atoms with van der Waals surface area (Å²) in [4.78, 5) is 0. The van der Waals surface area contributed by atoms with Gasteiger partial charge < -0.3 is 0 Å². The molecular weight excluding hydrogens is 190 g/mol. The van der Waals surface area contributed by atoms with E-state index >= 15 is 0 Å². The second kappa shape index (κ2) is 2.43. The summed E-state index contributed by atoms with van der Waals surface area (Å²) in [5, 5.41) is 0. The Morgan fingerprint density at radius 1 is 1.44 bits per heavy atom. The molecule has 0 unspecified atom stereocenters. The average molecular weight is 192 g/mol. The molecule has 0 saturated heterocycles. The van der Waals surface area contributed by atoms with Crippen LogP contribution >= 0.6 is 15.9 Å². The maximum Gasteiger partial charge on any atom is 0.140 e. The summed E-state index contributed by atoms with van der Waals surface area (Å²) >= 11 is 2.86. The van der Waals surface area contributed by atoms with Gasteiger partial charge in [0.2, 0.25) is 0 Å². The monoisotopic (exact) mass is 191 g/mol. The molecule has 0 atom stereocenters. The topological polar surface area (TPSA) is 0 Å². The number of hydrogen-bond donors (Lipinski definition) is 0. The molecule has 1 radical (unpaired) electrons. The van der Waals surface area contributed by atoms with Gasteiger partial charge in [0.15, 0.2) is 0 Å². The molecular formula is C6H2BrF2. The SMILES string of the molecule is Fc1[c]cc(Br)c(F)c1. The molecule has 9 heavy (non-hydrogen) atoms. The van der Waals surface area contributed by atoms with E-state index < -0.39 is 11.6 Å². The number of hydrogen-bond acceptors (Lipinski definition) is 0. The highest BCUT2D eigenvalue weighted by atomic mass is 79.9. The highest BCUT2D eigenvalue weighted by molar-refractivity contribution is 9.10. The maximum atomic E-state index is 12.3. The van der Waals surface area contributed by atoms with E-state index in [-0.39, 0.29) is 4.47 Å². The molecule has 47 valence electrons. The fourth-order valence-corrected chi connectivity index (χ4v) is 0.652. The molecule has 1 aromatic rings. The summed E-state index contributed by atoms with van der Waals surface area (Å²) in [5.74, 6) is -1.29. The van der Waals surface area contributed by atoms with Gasteiger partial charge in [0.05, 0.1) is 4.47 Å². The lowest BCUT2D eigenvalue weighted by Crippen LogP contribution is -1.78. The van der Waals surface area contributed by atoms with E-state index in [0.29, 0.717) is 0 Å². The zero-order valence-electron chi connectivity index (χ0n) is 4.29. The Bertz CT molecular complexity index is 222. The fourth-order valence-electron chi connectivity index (χ4n) is 0.423. The van der Waals surface area contributed by atoms with Crippen molar-refractivity contribution in [2.24, 2.45) is 0 Å². The van der Waals surface area contributed by atoms with E-state index in [9.17, 15) is 8.78 Å². The Labute approximate surface area is 59.6 Å². The lowest BCUT2D eigenvalue weighted by molar-refractivity contribution is 0.577. The van der Waals surface area contributed by atoms with E-state index in [1.165, 1.54) is 6.07 Å². The summed E-state index contributed by atoms with van der Waals surface area (Å²) in [6.07, 6.45) is 0. The van der Waals surface area contributed by atoms with E-state index in [0.717, 1.165) is 6.07 Å². The van der Waals surface area contributed by atoms with Crippen molar-refractivity contribution in [3.05, 3.63) is 34.3 Å². The first-order valence-corrected chi connectivity index (χ1v) is 3.01. The van der Waals surface area contributed by atoms with Gasteiger partial charge in [-0.2, -0.15) is 0 Å². The van der Waals surface area contributed by atoms with Gasteiger partial charge in [-0.1, -0.05) is 0 Å². The first-order valence-electron chi connectivity index (χ1n) is 2.22. The molecule has 0 fully saturated rings. The molecule has 0 aromatic heterocycles. The summed E-state index contributed by atoms with van der Waals surface area (Å²) in [5.41, 5.74) is 0. The molecule has 0 saturated carbocycles. The van der Waals surface area contributed by atoms with Crippen molar-refractivity contribution in [2.45, 2.75) is 0 Å². The molecule has 0 spiro atoms. The molecule has 0 bridgehead atoms. The summed E-state index contributed by atoms with van der Waals surface area (Å²) in [6, 6.07) is 4.15. The summed E-state index contributed by atoms with van der Waals surface area (Å²) in [7, 11) is 0. The van der Waals surface area contributed by atoms with Crippen LogP contribution in [0.1, 0.15) is 0 Å². The van der Waals surface area contributed by atoms with Crippen LogP contribution < -0.4 is 0 Å². The molecule has 1 rings (SSSR count). The molecule has 0 aliphatic rings. The lowest BCUT2D eigenvalue weighted by Gasteiger charge is -1.90. The van der Waals surface area contributed by atoms with Gasteiger partial charge in [-0.25, -0.2) is 8.78 Å². The van der Waals surface area contributed by atoms with Crippen molar-refractivity contribution in [1.29, 1.82) is 0 Å². The van der Waals surface area contributed by atoms with Crippen molar-refractivity contribution < 1.29 is 8.78 Å². The van der Waals surface area contributed by atoms with Gasteiger partial charge >= 0.3 is 0 Å².